The van der Waals surface area contributed by atoms with Crippen molar-refractivity contribution in [1.29, 1.82) is 0 Å². The minimum atomic E-state index is 0.299. The number of rotatable bonds is 5. The SMILES string of the molecule is COc1cccc(-c2noc(CN3CCCCC3c3nc4ccccc4s3)n2)c1. The smallest absolute Gasteiger partial charge is 0.241 e. The van der Waals surface area contributed by atoms with Gasteiger partial charge >= 0.3 is 0 Å². The van der Waals surface area contributed by atoms with Crippen LogP contribution in [0.4, 0.5) is 0 Å². The van der Waals surface area contributed by atoms with Crippen molar-refractivity contribution in [2.24, 2.45) is 0 Å². The summed E-state index contributed by atoms with van der Waals surface area (Å²) in [6.45, 7) is 1.65. The van der Waals surface area contributed by atoms with Gasteiger partial charge in [-0.25, -0.2) is 4.98 Å². The third-order valence-electron chi connectivity index (χ3n) is 5.34. The number of benzene rings is 2. The molecular formula is C22H22N4O2S. The van der Waals surface area contributed by atoms with Gasteiger partial charge in [0.05, 0.1) is 29.9 Å². The van der Waals surface area contributed by atoms with Crippen LogP contribution in [0, 0.1) is 0 Å². The van der Waals surface area contributed by atoms with Crippen molar-refractivity contribution in [2.45, 2.75) is 31.8 Å². The molecular weight excluding hydrogens is 384 g/mol. The van der Waals surface area contributed by atoms with Gasteiger partial charge in [-0.05, 0) is 43.7 Å². The zero-order valence-electron chi connectivity index (χ0n) is 16.2. The van der Waals surface area contributed by atoms with Gasteiger partial charge in [0.1, 0.15) is 10.8 Å². The van der Waals surface area contributed by atoms with E-state index in [-0.39, 0.29) is 0 Å². The molecule has 1 atom stereocenters. The normalized spacial score (nSPS) is 17.6. The Hall–Kier alpha value is -2.77. The molecule has 0 N–H and O–H groups in total. The Bertz CT molecular complexity index is 1090. The number of methoxy groups -OCH3 is 1. The van der Waals surface area contributed by atoms with Crippen molar-refractivity contribution < 1.29 is 9.26 Å². The fraction of sp³-hybridized carbons (Fsp3) is 0.318. The Morgan fingerprint density at radius 1 is 1.14 bits per heavy atom. The Balaban J connectivity index is 1.37. The lowest BCUT2D eigenvalue weighted by Crippen LogP contribution is -2.33. The number of hydrogen-bond acceptors (Lipinski definition) is 7. The summed E-state index contributed by atoms with van der Waals surface area (Å²) in [6, 6.07) is 16.3. The average Bonchev–Trinajstić information content (AvgIpc) is 3.41. The molecule has 1 aliphatic rings. The summed E-state index contributed by atoms with van der Waals surface area (Å²) < 4.78 is 12.1. The maximum atomic E-state index is 5.58. The van der Waals surface area contributed by atoms with E-state index in [2.05, 4.69) is 33.2 Å². The van der Waals surface area contributed by atoms with Crippen molar-refractivity contribution >= 4 is 21.6 Å². The van der Waals surface area contributed by atoms with Gasteiger partial charge < -0.3 is 9.26 Å². The molecule has 7 heteroatoms. The third-order valence-corrected chi connectivity index (χ3v) is 6.48. The number of nitrogens with zero attached hydrogens (tertiary/aromatic N) is 4. The number of ether oxygens (including phenoxy) is 1. The molecule has 0 amide bonds. The third kappa shape index (κ3) is 3.75. The second-order valence-corrected chi connectivity index (χ2v) is 8.31. The van der Waals surface area contributed by atoms with Crippen LogP contribution in [-0.4, -0.2) is 33.7 Å². The summed E-state index contributed by atoms with van der Waals surface area (Å²) in [4.78, 5) is 11.9. The molecule has 1 unspecified atom stereocenters. The first-order chi connectivity index (χ1) is 14.3. The molecule has 0 bridgehead atoms. The molecule has 6 nitrogen and oxygen atoms in total. The van der Waals surface area contributed by atoms with Crippen molar-refractivity contribution in [1.82, 2.24) is 20.0 Å². The van der Waals surface area contributed by atoms with E-state index in [1.807, 2.05) is 30.3 Å². The van der Waals surface area contributed by atoms with Gasteiger partial charge in [-0.15, -0.1) is 11.3 Å². The standard InChI is InChI=1S/C22H22N4O2S/c1-27-16-8-6-7-15(13-16)21-24-20(28-25-21)14-26-12-5-4-10-18(26)22-23-17-9-2-3-11-19(17)29-22/h2-3,6-9,11,13,18H,4-5,10,12,14H2,1H3. The second kappa shape index (κ2) is 7.93. The Kier molecular flexibility index (Phi) is 4.99. The van der Waals surface area contributed by atoms with Gasteiger partial charge in [-0.1, -0.05) is 35.8 Å². The Morgan fingerprint density at radius 3 is 2.97 bits per heavy atom. The lowest BCUT2D eigenvalue weighted by molar-refractivity contribution is 0.124. The van der Waals surface area contributed by atoms with Crippen LogP contribution in [-0.2, 0) is 6.54 Å². The maximum Gasteiger partial charge on any atom is 0.241 e. The van der Waals surface area contributed by atoms with Crippen LogP contribution in [0.3, 0.4) is 0 Å². The quantitative estimate of drug-likeness (QED) is 0.460. The summed E-state index contributed by atoms with van der Waals surface area (Å²) in [5.41, 5.74) is 1.97. The zero-order valence-corrected chi connectivity index (χ0v) is 17.1. The van der Waals surface area contributed by atoms with Crippen molar-refractivity contribution in [2.75, 3.05) is 13.7 Å². The molecule has 3 heterocycles. The van der Waals surface area contributed by atoms with E-state index in [1.54, 1.807) is 18.4 Å². The summed E-state index contributed by atoms with van der Waals surface area (Å²) in [5.74, 6) is 2.00. The molecule has 2 aromatic carbocycles. The van der Waals surface area contributed by atoms with E-state index in [0.29, 0.717) is 24.3 Å². The van der Waals surface area contributed by atoms with Crippen LogP contribution in [0.25, 0.3) is 21.6 Å². The number of piperidine rings is 1. The first kappa shape index (κ1) is 18.3. The fourth-order valence-electron chi connectivity index (χ4n) is 3.86. The van der Waals surface area contributed by atoms with E-state index in [1.165, 1.54) is 22.5 Å². The van der Waals surface area contributed by atoms with Gasteiger partial charge in [-0.2, -0.15) is 4.98 Å². The molecule has 0 aliphatic carbocycles. The van der Waals surface area contributed by atoms with E-state index in [9.17, 15) is 0 Å². The monoisotopic (exact) mass is 406 g/mol. The summed E-state index contributed by atoms with van der Waals surface area (Å²) >= 11 is 1.79. The lowest BCUT2D eigenvalue weighted by atomic mass is 10.0. The van der Waals surface area contributed by atoms with E-state index < -0.39 is 0 Å². The van der Waals surface area contributed by atoms with Gasteiger partial charge in [0.15, 0.2) is 0 Å². The first-order valence-electron chi connectivity index (χ1n) is 9.87. The number of fused-ring (bicyclic) bond motifs is 1. The Labute approximate surface area is 173 Å². The van der Waals surface area contributed by atoms with Gasteiger partial charge in [-0.3, -0.25) is 4.90 Å². The molecule has 0 saturated carbocycles. The topological polar surface area (TPSA) is 64.3 Å². The predicted molar refractivity (Wildman–Crippen MR) is 113 cm³/mol. The summed E-state index contributed by atoms with van der Waals surface area (Å²) in [7, 11) is 1.65. The van der Waals surface area contributed by atoms with Crippen LogP contribution in [0.5, 0.6) is 5.75 Å². The van der Waals surface area contributed by atoms with Gasteiger partial charge in [0.25, 0.3) is 0 Å². The molecule has 29 heavy (non-hydrogen) atoms. The largest absolute Gasteiger partial charge is 0.497 e. The molecule has 1 aliphatic heterocycles. The number of para-hydroxylation sites is 1. The molecule has 0 radical (unpaired) electrons. The molecule has 1 saturated heterocycles. The second-order valence-electron chi connectivity index (χ2n) is 7.25. The minimum absolute atomic E-state index is 0.299. The highest BCUT2D eigenvalue weighted by atomic mass is 32.1. The number of likely N-dealkylation sites (tertiary alicyclic amines) is 1. The van der Waals surface area contributed by atoms with Crippen molar-refractivity contribution in [3.05, 3.63) is 59.4 Å². The summed E-state index contributed by atoms with van der Waals surface area (Å²) in [6.07, 6.45) is 3.50. The fourth-order valence-corrected chi connectivity index (χ4v) is 5.00. The van der Waals surface area contributed by atoms with Crippen LogP contribution in [0.2, 0.25) is 0 Å². The van der Waals surface area contributed by atoms with Crippen LogP contribution >= 0.6 is 11.3 Å². The predicted octanol–water partition coefficient (Wildman–Crippen LogP) is 5.08. The Morgan fingerprint density at radius 2 is 2.07 bits per heavy atom. The lowest BCUT2D eigenvalue weighted by Gasteiger charge is -2.33. The molecule has 2 aromatic heterocycles. The zero-order chi connectivity index (χ0) is 19.6. The summed E-state index contributed by atoms with van der Waals surface area (Å²) in [5, 5.41) is 5.36. The van der Waals surface area contributed by atoms with Crippen molar-refractivity contribution in [3.63, 3.8) is 0 Å². The number of aromatic nitrogens is 3. The van der Waals surface area contributed by atoms with Crippen LogP contribution < -0.4 is 4.74 Å². The van der Waals surface area contributed by atoms with Crippen LogP contribution in [0.15, 0.2) is 53.1 Å². The highest BCUT2D eigenvalue weighted by Gasteiger charge is 2.28. The molecule has 1 fully saturated rings. The molecule has 0 spiro atoms. The molecule has 5 rings (SSSR count). The van der Waals surface area contributed by atoms with Gasteiger partial charge in [0, 0.05) is 5.56 Å². The van der Waals surface area contributed by atoms with Gasteiger partial charge in [0.2, 0.25) is 11.7 Å². The average molecular weight is 407 g/mol. The number of hydrogen-bond donors (Lipinski definition) is 0. The molecule has 4 aromatic rings. The van der Waals surface area contributed by atoms with Crippen LogP contribution in [0.1, 0.15) is 36.2 Å². The van der Waals surface area contributed by atoms with Crippen molar-refractivity contribution in [3.8, 4) is 17.1 Å². The highest BCUT2D eigenvalue weighted by Crippen LogP contribution is 2.36. The highest BCUT2D eigenvalue weighted by molar-refractivity contribution is 7.18. The molecule has 148 valence electrons. The maximum absolute atomic E-state index is 5.58. The van der Waals surface area contributed by atoms with E-state index >= 15 is 0 Å². The minimum Gasteiger partial charge on any atom is -0.497 e. The number of thiazole rings is 1. The van der Waals surface area contributed by atoms with E-state index in [4.69, 9.17) is 14.2 Å². The first-order valence-corrected chi connectivity index (χ1v) is 10.7. The van der Waals surface area contributed by atoms with E-state index in [0.717, 1.165) is 29.8 Å².